The van der Waals surface area contributed by atoms with Gasteiger partial charge in [0, 0.05) is 18.7 Å². The molecule has 2 rings (SSSR count). The molecule has 0 heterocycles. The maximum atomic E-state index is 12.1. The minimum atomic E-state index is 0.0183. The van der Waals surface area contributed by atoms with Crippen LogP contribution in [0.25, 0.3) is 0 Å². The van der Waals surface area contributed by atoms with Gasteiger partial charge in [0.2, 0.25) is 5.91 Å². The molecule has 0 saturated carbocycles. The Hall–Kier alpha value is -2.13. The smallest absolute Gasteiger partial charge is 0.224 e. The van der Waals surface area contributed by atoms with E-state index in [2.05, 4.69) is 50.4 Å². The summed E-state index contributed by atoms with van der Waals surface area (Å²) in [6.07, 6.45) is 1.84. The predicted octanol–water partition coefficient (Wildman–Crippen LogP) is 4.09. The van der Waals surface area contributed by atoms with Gasteiger partial charge >= 0.3 is 0 Å². The minimum Gasteiger partial charge on any atom is -0.396 e. The van der Waals surface area contributed by atoms with Crippen LogP contribution in [0.4, 0.5) is 5.69 Å². The summed E-state index contributed by atoms with van der Waals surface area (Å²) < 4.78 is 0. The van der Waals surface area contributed by atoms with Gasteiger partial charge in [0.15, 0.2) is 0 Å². The summed E-state index contributed by atoms with van der Waals surface area (Å²) in [4.78, 5) is 12.1. The molecule has 0 fully saturated rings. The first-order valence-corrected chi connectivity index (χ1v) is 8.47. The molecule has 2 N–H and O–H groups in total. The van der Waals surface area contributed by atoms with Crippen LogP contribution in [0.15, 0.2) is 48.5 Å². The Morgan fingerprint density at radius 2 is 1.46 bits per heavy atom. The quantitative estimate of drug-likeness (QED) is 0.840. The third-order valence-electron chi connectivity index (χ3n) is 4.10. The Balaban J connectivity index is 1.84. The Morgan fingerprint density at radius 1 is 0.917 bits per heavy atom. The number of hydrogen-bond donors (Lipinski definition) is 2. The van der Waals surface area contributed by atoms with E-state index in [1.54, 1.807) is 0 Å². The van der Waals surface area contributed by atoms with Gasteiger partial charge in [-0.1, -0.05) is 57.2 Å². The number of aliphatic hydroxyl groups is 1. The molecule has 0 unspecified atom stereocenters. The van der Waals surface area contributed by atoms with Crippen LogP contribution in [-0.4, -0.2) is 17.6 Å². The van der Waals surface area contributed by atoms with Crippen LogP contribution in [0.1, 0.15) is 43.9 Å². The maximum Gasteiger partial charge on any atom is 0.224 e. The van der Waals surface area contributed by atoms with Gasteiger partial charge in [-0.15, -0.1) is 0 Å². The molecule has 0 atom stereocenters. The number of carbonyl (C=O) groups excluding carboxylic acids is 1. The van der Waals surface area contributed by atoms with E-state index in [1.165, 1.54) is 11.1 Å². The molecule has 0 bridgehead atoms. The van der Waals surface area contributed by atoms with E-state index in [-0.39, 0.29) is 17.9 Å². The van der Waals surface area contributed by atoms with Crippen molar-refractivity contribution in [3.05, 3.63) is 65.2 Å². The minimum absolute atomic E-state index is 0.0183. The molecular weight excluding hydrogens is 298 g/mol. The second-order valence-electron chi connectivity index (χ2n) is 7.17. The highest BCUT2D eigenvalue weighted by molar-refractivity contribution is 5.90. The van der Waals surface area contributed by atoms with E-state index in [4.69, 9.17) is 5.11 Å². The number of hydrogen-bond acceptors (Lipinski definition) is 2. The van der Waals surface area contributed by atoms with Crippen LogP contribution in [0.5, 0.6) is 0 Å². The molecule has 0 radical (unpaired) electrons. The van der Waals surface area contributed by atoms with Crippen molar-refractivity contribution in [2.45, 2.75) is 45.4 Å². The number of nitrogens with one attached hydrogen (secondary N) is 1. The topological polar surface area (TPSA) is 49.3 Å². The summed E-state index contributed by atoms with van der Waals surface area (Å²) in [7, 11) is 0. The van der Waals surface area contributed by atoms with E-state index < -0.39 is 0 Å². The van der Waals surface area contributed by atoms with E-state index >= 15 is 0 Å². The highest BCUT2D eigenvalue weighted by Crippen LogP contribution is 2.22. The first-order valence-electron chi connectivity index (χ1n) is 8.47. The van der Waals surface area contributed by atoms with Crippen LogP contribution in [-0.2, 0) is 23.1 Å². The third kappa shape index (κ3) is 5.50. The van der Waals surface area contributed by atoms with Crippen LogP contribution in [0.3, 0.4) is 0 Å². The van der Waals surface area contributed by atoms with E-state index in [1.807, 2.05) is 24.3 Å². The Kier molecular flexibility index (Phi) is 6.16. The fraction of sp³-hybridized carbons (Fsp3) is 0.381. The van der Waals surface area contributed by atoms with Gasteiger partial charge in [0.25, 0.3) is 0 Å². The number of benzene rings is 2. The molecule has 2 aromatic rings. The molecule has 2 aromatic carbocycles. The fourth-order valence-electron chi connectivity index (χ4n) is 2.54. The lowest BCUT2D eigenvalue weighted by molar-refractivity contribution is -0.116. The lowest BCUT2D eigenvalue weighted by atomic mass is 9.86. The first kappa shape index (κ1) is 18.2. The molecule has 128 valence electrons. The van der Waals surface area contributed by atoms with Gasteiger partial charge < -0.3 is 10.4 Å². The zero-order valence-electron chi connectivity index (χ0n) is 14.8. The predicted molar refractivity (Wildman–Crippen MR) is 99.3 cm³/mol. The van der Waals surface area contributed by atoms with Crippen molar-refractivity contribution in [2.24, 2.45) is 0 Å². The number of carbonyl (C=O) groups is 1. The maximum absolute atomic E-state index is 12.1. The Bertz CT molecular complexity index is 652. The molecule has 1 amide bonds. The molecular formula is C21H27NO2. The molecule has 0 aliphatic heterocycles. The standard InChI is InChI=1S/C21H27NO2/c1-21(2,3)18-9-4-16(5-10-18)8-13-20(24)22-19-11-6-17(7-12-19)14-15-23/h4-7,9-12,23H,8,13-15H2,1-3H3,(H,22,24). The van der Waals surface area contributed by atoms with Gasteiger partial charge in [-0.3, -0.25) is 4.79 Å². The van der Waals surface area contributed by atoms with E-state index in [0.29, 0.717) is 12.8 Å². The number of aryl methyl sites for hydroxylation is 1. The summed E-state index contributed by atoms with van der Waals surface area (Å²) in [5, 5.41) is 11.8. The molecule has 3 heteroatoms. The van der Waals surface area contributed by atoms with Gasteiger partial charge in [0.1, 0.15) is 0 Å². The highest BCUT2D eigenvalue weighted by Gasteiger charge is 2.13. The van der Waals surface area contributed by atoms with Gasteiger partial charge in [-0.25, -0.2) is 0 Å². The number of amides is 1. The van der Waals surface area contributed by atoms with Crippen molar-refractivity contribution in [3.63, 3.8) is 0 Å². The van der Waals surface area contributed by atoms with Crippen LogP contribution >= 0.6 is 0 Å². The summed E-state index contributed by atoms with van der Waals surface area (Å²) in [6.45, 7) is 6.73. The highest BCUT2D eigenvalue weighted by atomic mass is 16.2. The number of rotatable bonds is 6. The van der Waals surface area contributed by atoms with Crippen molar-refractivity contribution in [1.29, 1.82) is 0 Å². The molecule has 24 heavy (non-hydrogen) atoms. The zero-order valence-corrected chi connectivity index (χ0v) is 14.8. The molecule has 0 saturated heterocycles. The van der Waals surface area contributed by atoms with Crippen molar-refractivity contribution >= 4 is 11.6 Å². The lowest BCUT2D eigenvalue weighted by Crippen LogP contribution is -2.13. The second-order valence-corrected chi connectivity index (χ2v) is 7.17. The van der Waals surface area contributed by atoms with Crippen molar-refractivity contribution in [1.82, 2.24) is 0 Å². The summed E-state index contributed by atoms with van der Waals surface area (Å²) in [5.74, 6) is 0.0183. The molecule has 0 aliphatic rings. The summed E-state index contributed by atoms with van der Waals surface area (Å²) in [5.41, 5.74) is 4.49. The average molecular weight is 325 g/mol. The Labute approximate surface area is 144 Å². The van der Waals surface area contributed by atoms with Crippen LogP contribution in [0, 0.1) is 0 Å². The fourth-order valence-corrected chi connectivity index (χ4v) is 2.54. The summed E-state index contributed by atoms with van der Waals surface area (Å²) in [6, 6.07) is 16.1. The third-order valence-corrected chi connectivity index (χ3v) is 4.10. The first-order chi connectivity index (χ1) is 11.4. The van der Waals surface area contributed by atoms with Crippen LogP contribution in [0.2, 0.25) is 0 Å². The lowest BCUT2D eigenvalue weighted by Gasteiger charge is -2.19. The normalized spacial score (nSPS) is 11.3. The SMILES string of the molecule is CC(C)(C)c1ccc(CCC(=O)Nc2ccc(CCO)cc2)cc1. The number of aliphatic hydroxyl groups excluding tert-OH is 1. The van der Waals surface area contributed by atoms with Crippen molar-refractivity contribution in [3.8, 4) is 0 Å². The van der Waals surface area contributed by atoms with E-state index in [9.17, 15) is 4.79 Å². The monoisotopic (exact) mass is 325 g/mol. The van der Waals surface area contributed by atoms with Gasteiger partial charge in [-0.2, -0.15) is 0 Å². The molecule has 0 aromatic heterocycles. The molecule has 3 nitrogen and oxygen atoms in total. The largest absolute Gasteiger partial charge is 0.396 e. The van der Waals surface area contributed by atoms with Gasteiger partial charge in [-0.05, 0) is 47.1 Å². The average Bonchev–Trinajstić information content (AvgIpc) is 2.55. The Morgan fingerprint density at radius 3 is 2.00 bits per heavy atom. The van der Waals surface area contributed by atoms with Crippen molar-refractivity contribution in [2.75, 3.05) is 11.9 Å². The van der Waals surface area contributed by atoms with Crippen LogP contribution < -0.4 is 5.32 Å². The van der Waals surface area contributed by atoms with Crippen molar-refractivity contribution < 1.29 is 9.90 Å². The number of anilines is 1. The zero-order chi connectivity index (χ0) is 17.6. The molecule has 0 spiro atoms. The second kappa shape index (κ2) is 8.11. The molecule has 0 aliphatic carbocycles. The van der Waals surface area contributed by atoms with Gasteiger partial charge in [0.05, 0.1) is 0 Å². The van der Waals surface area contributed by atoms with E-state index in [0.717, 1.165) is 17.7 Å². The summed E-state index contributed by atoms with van der Waals surface area (Å²) >= 11 is 0.